The highest BCUT2D eigenvalue weighted by Crippen LogP contribution is 2.30. The number of carbonyl (C=O) groups is 2. The highest BCUT2D eigenvalue weighted by molar-refractivity contribution is 6.04. The van der Waals surface area contributed by atoms with Crippen molar-refractivity contribution in [1.82, 2.24) is 0 Å². The summed E-state index contributed by atoms with van der Waals surface area (Å²) in [5.41, 5.74) is 4.96. The van der Waals surface area contributed by atoms with Gasteiger partial charge in [0.2, 0.25) is 0 Å². The van der Waals surface area contributed by atoms with Crippen LogP contribution < -0.4 is 10.2 Å². The van der Waals surface area contributed by atoms with Gasteiger partial charge in [0.15, 0.2) is 11.5 Å². The van der Waals surface area contributed by atoms with Crippen molar-refractivity contribution in [2.75, 3.05) is 23.3 Å². The van der Waals surface area contributed by atoms with E-state index in [1.165, 1.54) is 24.4 Å². The summed E-state index contributed by atoms with van der Waals surface area (Å²) in [6.07, 6.45) is 4.53. The zero-order valence-electron chi connectivity index (χ0n) is 18.1. The second kappa shape index (κ2) is 9.21. The first kappa shape index (κ1) is 20.9. The first-order valence-corrected chi connectivity index (χ1v) is 10.8. The predicted molar refractivity (Wildman–Crippen MR) is 123 cm³/mol. The lowest BCUT2D eigenvalue weighted by atomic mass is 9.88. The molecule has 1 aliphatic rings. The Bertz CT molecular complexity index is 1060. The summed E-state index contributed by atoms with van der Waals surface area (Å²) in [5.74, 6) is 0.460. The van der Waals surface area contributed by atoms with Crippen LogP contribution in [0.15, 0.2) is 65.3 Å². The van der Waals surface area contributed by atoms with E-state index in [1.807, 2.05) is 12.1 Å². The Morgan fingerprint density at radius 2 is 1.84 bits per heavy atom. The molecule has 1 fully saturated rings. The average molecular weight is 417 g/mol. The Labute approximate surface area is 183 Å². The van der Waals surface area contributed by atoms with Crippen LogP contribution in [-0.4, -0.2) is 24.8 Å². The van der Waals surface area contributed by atoms with Crippen LogP contribution in [0.4, 0.5) is 11.4 Å². The summed E-state index contributed by atoms with van der Waals surface area (Å²) in [5, 5.41) is 2.94. The van der Waals surface area contributed by atoms with Gasteiger partial charge in [0.1, 0.15) is 0 Å². The molecule has 3 aromatic rings. The number of furan rings is 1. The minimum Gasteiger partial charge on any atom is -0.459 e. The van der Waals surface area contributed by atoms with E-state index < -0.39 is 0 Å². The largest absolute Gasteiger partial charge is 0.459 e. The van der Waals surface area contributed by atoms with Crippen molar-refractivity contribution in [2.24, 2.45) is 5.92 Å². The van der Waals surface area contributed by atoms with Gasteiger partial charge >= 0.3 is 0 Å². The molecule has 1 aromatic heterocycles. The van der Waals surface area contributed by atoms with Gasteiger partial charge in [-0.15, -0.1) is 0 Å². The molecule has 0 unspecified atom stereocenters. The number of nitrogens with one attached hydrogen (secondary N) is 1. The molecule has 0 atom stereocenters. The van der Waals surface area contributed by atoms with Gasteiger partial charge < -0.3 is 14.6 Å². The molecular weight excluding hydrogens is 388 g/mol. The smallest absolute Gasteiger partial charge is 0.291 e. The molecule has 0 bridgehead atoms. The van der Waals surface area contributed by atoms with Crippen LogP contribution in [0.1, 0.15) is 51.8 Å². The molecule has 5 nitrogen and oxygen atoms in total. The molecule has 160 valence electrons. The van der Waals surface area contributed by atoms with E-state index in [2.05, 4.69) is 41.4 Å². The van der Waals surface area contributed by atoms with Crippen molar-refractivity contribution >= 4 is 23.1 Å². The first-order chi connectivity index (χ1) is 15.0. The summed E-state index contributed by atoms with van der Waals surface area (Å²) in [6, 6.07) is 17.4. The minimum atomic E-state index is -0.304. The summed E-state index contributed by atoms with van der Waals surface area (Å²) < 4.78 is 5.21. The quantitative estimate of drug-likeness (QED) is 0.539. The van der Waals surface area contributed by atoms with Crippen LogP contribution in [0.3, 0.4) is 0 Å². The molecule has 5 heteroatoms. The zero-order chi connectivity index (χ0) is 21.8. The molecule has 0 aliphatic carbocycles. The van der Waals surface area contributed by atoms with E-state index in [9.17, 15) is 9.59 Å². The second-order valence-electron chi connectivity index (χ2n) is 8.28. The van der Waals surface area contributed by atoms with Crippen LogP contribution in [0.25, 0.3) is 0 Å². The van der Waals surface area contributed by atoms with Gasteiger partial charge in [0.25, 0.3) is 5.91 Å². The van der Waals surface area contributed by atoms with Gasteiger partial charge in [-0.3, -0.25) is 9.59 Å². The third-order valence-electron chi connectivity index (χ3n) is 6.09. The van der Waals surface area contributed by atoms with Crippen LogP contribution in [0.5, 0.6) is 0 Å². The molecule has 0 saturated carbocycles. The monoisotopic (exact) mass is 416 g/mol. The Morgan fingerprint density at radius 1 is 1.06 bits per heavy atom. The van der Waals surface area contributed by atoms with E-state index in [4.69, 9.17) is 4.42 Å². The van der Waals surface area contributed by atoms with Crippen LogP contribution in [0, 0.1) is 12.8 Å². The van der Waals surface area contributed by atoms with E-state index in [0.717, 1.165) is 37.9 Å². The van der Waals surface area contributed by atoms with Gasteiger partial charge in [-0.1, -0.05) is 30.3 Å². The Morgan fingerprint density at radius 3 is 2.52 bits per heavy atom. The number of carbonyl (C=O) groups excluding carboxylic acids is 2. The zero-order valence-corrected chi connectivity index (χ0v) is 18.1. The summed E-state index contributed by atoms with van der Waals surface area (Å²) in [7, 11) is 0. The van der Waals surface area contributed by atoms with Gasteiger partial charge in [-0.2, -0.15) is 0 Å². The number of hydrogen-bond donors (Lipinski definition) is 1. The highest BCUT2D eigenvalue weighted by atomic mass is 16.3. The van der Waals surface area contributed by atoms with E-state index in [1.54, 1.807) is 18.2 Å². The van der Waals surface area contributed by atoms with Crippen LogP contribution >= 0.6 is 0 Å². The van der Waals surface area contributed by atoms with E-state index in [-0.39, 0.29) is 17.5 Å². The van der Waals surface area contributed by atoms with Crippen LogP contribution in [0.2, 0.25) is 0 Å². The van der Waals surface area contributed by atoms with Gasteiger partial charge in [0, 0.05) is 30.0 Å². The lowest BCUT2D eigenvalue weighted by Gasteiger charge is -2.34. The number of piperidine rings is 1. The number of hydrogen-bond acceptors (Lipinski definition) is 4. The lowest BCUT2D eigenvalue weighted by Crippen LogP contribution is -2.34. The maximum absolute atomic E-state index is 12.5. The lowest BCUT2D eigenvalue weighted by molar-refractivity contribution is 0.0992. The van der Waals surface area contributed by atoms with Crippen molar-refractivity contribution in [3.8, 4) is 0 Å². The number of ketones is 1. The van der Waals surface area contributed by atoms with Gasteiger partial charge in [-0.25, -0.2) is 0 Å². The minimum absolute atomic E-state index is 0.0217. The van der Waals surface area contributed by atoms with E-state index >= 15 is 0 Å². The molecule has 4 rings (SSSR count). The third kappa shape index (κ3) is 4.88. The summed E-state index contributed by atoms with van der Waals surface area (Å²) in [6.45, 7) is 5.74. The van der Waals surface area contributed by atoms with E-state index in [0.29, 0.717) is 17.2 Å². The number of benzene rings is 2. The standard InChI is InChI=1S/C26H28N2O3/c1-18-6-3-4-7-24(18)28-13-11-20(12-14-28)16-22-10-9-21(19(2)29)17-23(22)27-26(30)25-8-5-15-31-25/h3-10,15,17,20H,11-14,16H2,1-2H3,(H,27,30). The fourth-order valence-electron chi connectivity index (χ4n) is 4.29. The first-order valence-electron chi connectivity index (χ1n) is 10.8. The summed E-state index contributed by atoms with van der Waals surface area (Å²) in [4.78, 5) is 26.9. The topological polar surface area (TPSA) is 62.6 Å². The molecule has 2 heterocycles. The van der Waals surface area contributed by atoms with Gasteiger partial charge in [-0.05, 0) is 74.4 Å². The molecule has 0 spiro atoms. The molecule has 2 aromatic carbocycles. The second-order valence-corrected chi connectivity index (χ2v) is 8.28. The average Bonchev–Trinajstić information content (AvgIpc) is 3.31. The normalized spacial score (nSPS) is 14.5. The molecule has 31 heavy (non-hydrogen) atoms. The Balaban J connectivity index is 1.47. The van der Waals surface area contributed by atoms with Crippen LogP contribution in [-0.2, 0) is 6.42 Å². The number of rotatable bonds is 6. The molecular formula is C26H28N2O3. The molecule has 1 N–H and O–H groups in total. The Hall–Kier alpha value is -3.34. The van der Waals surface area contributed by atoms with Crippen molar-refractivity contribution in [3.63, 3.8) is 0 Å². The summed E-state index contributed by atoms with van der Waals surface area (Å²) >= 11 is 0. The maximum Gasteiger partial charge on any atom is 0.291 e. The molecule has 1 aliphatic heterocycles. The maximum atomic E-state index is 12.5. The van der Waals surface area contributed by atoms with Crippen molar-refractivity contribution < 1.29 is 14.0 Å². The number of anilines is 2. The number of para-hydroxylation sites is 1. The van der Waals surface area contributed by atoms with Crippen molar-refractivity contribution in [3.05, 3.63) is 83.3 Å². The SMILES string of the molecule is CC(=O)c1ccc(CC2CCN(c3ccccc3C)CC2)c(NC(=O)c2ccco2)c1. The third-order valence-corrected chi connectivity index (χ3v) is 6.09. The molecule has 1 saturated heterocycles. The number of aryl methyl sites for hydroxylation is 1. The number of nitrogens with zero attached hydrogens (tertiary/aromatic N) is 1. The number of amides is 1. The predicted octanol–water partition coefficient (Wildman–Crippen LogP) is 5.50. The fourth-order valence-corrected chi connectivity index (χ4v) is 4.29. The number of Topliss-reactive ketones (excluding diaryl/α,β-unsaturated/α-hetero) is 1. The van der Waals surface area contributed by atoms with Crippen molar-refractivity contribution in [1.29, 1.82) is 0 Å². The highest BCUT2D eigenvalue weighted by Gasteiger charge is 2.22. The molecule has 1 amide bonds. The van der Waals surface area contributed by atoms with Gasteiger partial charge in [0.05, 0.1) is 6.26 Å². The molecule has 0 radical (unpaired) electrons. The fraction of sp³-hybridized carbons (Fsp3) is 0.308. The van der Waals surface area contributed by atoms with Crippen molar-refractivity contribution in [2.45, 2.75) is 33.1 Å². The Kier molecular flexibility index (Phi) is 6.21.